The molecular formula is C25H17BrN2O3S. The molecule has 4 aromatic rings. The fraction of sp³-hybridized carbons (Fsp3) is 0.0400. The summed E-state index contributed by atoms with van der Waals surface area (Å²) in [5.41, 5.74) is 1.08. The van der Waals surface area contributed by atoms with E-state index in [0.29, 0.717) is 22.3 Å². The molecule has 1 amide bonds. The molecule has 1 aliphatic heterocycles. The Labute approximate surface area is 198 Å². The minimum absolute atomic E-state index is 0.224. The van der Waals surface area contributed by atoms with Crippen molar-refractivity contribution in [1.29, 1.82) is 0 Å². The van der Waals surface area contributed by atoms with Crippen LogP contribution < -0.4 is 15.0 Å². The van der Waals surface area contributed by atoms with Crippen LogP contribution in [0.4, 0.5) is 5.69 Å². The lowest BCUT2D eigenvalue weighted by Gasteiger charge is -2.13. The van der Waals surface area contributed by atoms with Crippen molar-refractivity contribution >= 4 is 61.7 Å². The van der Waals surface area contributed by atoms with Gasteiger partial charge in [-0.25, -0.2) is 0 Å². The predicted molar refractivity (Wildman–Crippen MR) is 132 cm³/mol. The van der Waals surface area contributed by atoms with Gasteiger partial charge in [-0.3, -0.25) is 9.69 Å². The van der Waals surface area contributed by atoms with Gasteiger partial charge in [0.15, 0.2) is 5.11 Å². The van der Waals surface area contributed by atoms with Crippen LogP contribution in [0.5, 0.6) is 5.75 Å². The third-order valence-electron chi connectivity index (χ3n) is 5.02. The average molecular weight is 505 g/mol. The zero-order chi connectivity index (χ0) is 22.1. The monoisotopic (exact) mass is 504 g/mol. The van der Waals surface area contributed by atoms with E-state index in [2.05, 4.69) is 27.3 Å². The van der Waals surface area contributed by atoms with Gasteiger partial charge in [0, 0.05) is 10.5 Å². The summed E-state index contributed by atoms with van der Waals surface area (Å²) in [5, 5.41) is 5.53. The zero-order valence-electron chi connectivity index (χ0n) is 16.7. The van der Waals surface area contributed by atoms with E-state index in [1.807, 2.05) is 66.7 Å². The Hall–Kier alpha value is -3.42. The van der Waals surface area contributed by atoms with Gasteiger partial charge in [0.1, 0.15) is 29.6 Å². The number of benzene rings is 3. The Bertz CT molecular complexity index is 1360. The van der Waals surface area contributed by atoms with E-state index in [9.17, 15) is 4.79 Å². The first-order valence-electron chi connectivity index (χ1n) is 9.90. The van der Waals surface area contributed by atoms with Crippen LogP contribution in [0.2, 0.25) is 0 Å². The van der Waals surface area contributed by atoms with E-state index in [1.54, 1.807) is 12.1 Å². The number of carbonyl (C=O) groups is 1. The first kappa shape index (κ1) is 20.5. The molecule has 32 heavy (non-hydrogen) atoms. The lowest BCUT2D eigenvalue weighted by molar-refractivity contribution is -0.113. The van der Waals surface area contributed by atoms with Gasteiger partial charge in [0.25, 0.3) is 5.91 Å². The number of rotatable bonds is 5. The second-order valence-corrected chi connectivity index (χ2v) is 8.51. The quantitative estimate of drug-likeness (QED) is 0.265. The molecule has 0 atom stereocenters. The fourth-order valence-corrected chi connectivity index (χ4v) is 4.15. The lowest BCUT2D eigenvalue weighted by Crippen LogP contribution is -2.30. The molecule has 0 radical (unpaired) electrons. The summed E-state index contributed by atoms with van der Waals surface area (Å²) in [7, 11) is 0. The molecule has 1 saturated heterocycles. The van der Waals surface area contributed by atoms with Crippen LogP contribution in [0.3, 0.4) is 0 Å². The van der Waals surface area contributed by atoms with Crippen LogP contribution in [0.15, 0.2) is 93.4 Å². The number of ether oxygens (including phenoxy) is 1. The summed E-state index contributed by atoms with van der Waals surface area (Å²) in [6, 6.07) is 25.0. The summed E-state index contributed by atoms with van der Waals surface area (Å²) >= 11 is 8.82. The Balaban J connectivity index is 1.28. The van der Waals surface area contributed by atoms with Gasteiger partial charge < -0.3 is 14.5 Å². The molecule has 5 rings (SSSR count). The molecule has 1 N–H and O–H groups in total. The first-order valence-corrected chi connectivity index (χ1v) is 11.1. The van der Waals surface area contributed by atoms with Crippen molar-refractivity contribution in [2.24, 2.45) is 0 Å². The SMILES string of the molecule is O=C1/C(=C\c2ccc(COc3ccc4cc(Br)ccc4c3)o2)NC(=S)N1c1ccccc1. The number of carbonyl (C=O) groups excluding carboxylic acids is 1. The molecule has 1 aromatic heterocycles. The maximum atomic E-state index is 12.8. The number of para-hydroxylation sites is 1. The van der Waals surface area contributed by atoms with Crippen molar-refractivity contribution in [3.8, 4) is 5.75 Å². The Morgan fingerprint density at radius 2 is 1.78 bits per heavy atom. The van der Waals surface area contributed by atoms with Crippen LogP contribution in [-0.2, 0) is 11.4 Å². The highest BCUT2D eigenvalue weighted by atomic mass is 79.9. The number of furan rings is 1. The molecule has 0 saturated carbocycles. The highest BCUT2D eigenvalue weighted by Crippen LogP contribution is 2.26. The highest BCUT2D eigenvalue weighted by molar-refractivity contribution is 9.10. The minimum atomic E-state index is -0.224. The molecule has 7 heteroatoms. The molecule has 0 spiro atoms. The standard InChI is InChI=1S/C25H17BrN2O3S/c26-18-8-6-17-13-20(9-7-16(17)12-18)30-15-22-11-10-21(31-22)14-23-24(29)28(25(32)27-23)19-4-2-1-3-5-19/h1-14H,15H2,(H,27,32)/b23-14+. The minimum Gasteiger partial charge on any atom is -0.486 e. The van der Waals surface area contributed by atoms with Gasteiger partial charge in [0.2, 0.25) is 0 Å². The van der Waals surface area contributed by atoms with E-state index in [1.165, 1.54) is 4.90 Å². The van der Waals surface area contributed by atoms with Crippen molar-refractivity contribution in [3.05, 3.63) is 101 Å². The Morgan fingerprint density at radius 3 is 2.62 bits per heavy atom. The van der Waals surface area contributed by atoms with Crippen molar-refractivity contribution in [1.82, 2.24) is 5.32 Å². The number of hydrogen-bond donors (Lipinski definition) is 1. The number of halogens is 1. The normalized spacial score (nSPS) is 14.9. The van der Waals surface area contributed by atoms with Crippen molar-refractivity contribution < 1.29 is 13.9 Å². The maximum Gasteiger partial charge on any atom is 0.281 e. The fourth-order valence-electron chi connectivity index (χ4n) is 3.48. The summed E-state index contributed by atoms with van der Waals surface area (Å²) in [6.45, 7) is 0.279. The molecule has 158 valence electrons. The van der Waals surface area contributed by atoms with Crippen LogP contribution >= 0.6 is 28.1 Å². The van der Waals surface area contributed by atoms with Gasteiger partial charge in [-0.2, -0.15) is 0 Å². The highest BCUT2D eigenvalue weighted by Gasteiger charge is 2.32. The van der Waals surface area contributed by atoms with E-state index in [4.69, 9.17) is 21.4 Å². The number of amides is 1. The summed E-state index contributed by atoms with van der Waals surface area (Å²) in [6.07, 6.45) is 1.65. The summed E-state index contributed by atoms with van der Waals surface area (Å²) in [4.78, 5) is 14.3. The van der Waals surface area contributed by atoms with Crippen LogP contribution in [0.1, 0.15) is 11.5 Å². The number of anilines is 1. The molecule has 3 aromatic carbocycles. The second-order valence-electron chi connectivity index (χ2n) is 7.21. The van der Waals surface area contributed by atoms with Gasteiger partial charge >= 0.3 is 0 Å². The first-order chi connectivity index (χ1) is 15.6. The van der Waals surface area contributed by atoms with Crippen molar-refractivity contribution in [2.45, 2.75) is 6.61 Å². The van der Waals surface area contributed by atoms with Crippen LogP contribution in [-0.4, -0.2) is 11.0 Å². The predicted octanol–water partition coefficient (Wildman–Crippen LogP) is 6.04. The van der Waals surface area contributed by atoms with E-state index in [0.717, 1.165) is 26.7 Å². The van der Waals surface area contributed by atoms with Gasteiger partial charge in [-0.15, -0.1) is 0 Å². The van der Waals surface area contributed by atoms with Crippen molar-refractivity contribution in [3.63, 3.8) is 0 Å². The molecule has 5 nitrogen and oxygen atoms in total. The number of nitrogens with one attached hydrogen (secondary N) is 1. The Morgan fingerprint density at radius 1 is 1.00 bits per heavy atom. The smallest absolute Gasteiger partial charge is 0.281 e. The molecule has 0 unspecified atom stereocenters. The largest absolute Gasteiger partial charge is 0.486 e. The summed E-state index contributed by atoms with van der Waals surface area (Å²) < 4.78 is 12.8. The average Bonchev–Trinajstić information content (AvgIpc) is 3.36. The zero-order valence-corrected chi connectivity index (χ0v) is 19.2. The van der Waals surface area contributed by atoms with E-state index >= 15 is 0 Å². The van der Waals surface area contributed by atoms with Gasteiger partial charge in [-0.05, 0) is 71.5 Å². The lowest BCUT2D eigenvalue weighted by atomic mass is 10.1. The summed E-state index contributed by atoms with van der Waals surface area (Å²) in [5.74, 6) is 1.73. The van der Waals surface area contributed by atoms with E-state index in [-0.39, 0.29) is 12.5 Å². The van der Waals surface area contributed by atoms with Crippen LogP contribution in [0, 0.1) is 0 Å². The number of thiocarbonyl (C=S) groups is 1. The van der Waals surface area contributed by atoms with Crippen LogP contribution in [0.25, 0.3) is 16.8 Å². The maximum absolute atomic E-state index is 12.8. The topological polar surface area (TPSA) is 54.7 Å². The molecule has 0 bridgehead atoms. The molecule has 1 aliphatic rings. The molecular weight excluding hydrogens is 488 g/mol. The number of hydrogen-bond acceptors (Lipinski definition) is 4. The van der Waals surface area contributed by atoms with Gasteiger partial charge in [0.05, 0.1) is 5.69 Å². The number of fused-ring (bicyclic) bond motifs is 1. The Kier molecular flexibility index (Phi) is 5.51. The second kappa shape index (κ2) is 8.61. The molecule has 2 heterocycles. The third kappa shape index (κ3) is 4.17. The molecule has 1 fully saturated rings. The molecule has 0 aliphatic carbocycles. The number of nitrogens with zero attached hydrogens (tertiary/aromatic N) is 1. The van der Waals surface area contributed by atoms with Crippen molar-refractivity contribution in [2.75, 3.05) is 4.90 Å². The third-order valence-corrected chi connectivity index (χ3v) is 5.79. The van der Waals surface area contributed by atoms with Gasteiger partial charge in [-0.1, -0.05) is 46.3 Å². The van der Waals surface area contributed by atoms with E-state index < -0.39 is 0 Å².